The summed E-state index contributed by atoms with van der Waals surface area (Å²) < 4.78 is 5.09. The fourth-order valence-corrected chi connectivity index (χ4v) is 0.780. The fourth-order valence-electron chi connectivity index (χ4n) is 0.780. The van der Waals surface area contributed by atoms with Gasteiger partial charge in [0.05, 0.1) is 6.61 Å². The summed E-state index contributed by atoms with van der Waals surface area (Å²) in [5.41, 5.74) is 0.839. The average Bonchev–Trinajstić information content (AvgIpc) is 2.15. The smallest absolute Gasteiger partial charge is 0.121 e. The van der Waals surface area contributed by atoms with Crippen molar-refractivity contribution in [2.45, 2.75) is 0 Å². The van der Waals surface area contributed by atoms with E-state index in [0.717, 1.165) is 5.56 Å². The number of aromatic nitrogens is 1. The maximum Gasteiger partial charge on any atom is 0.121 e. The molecule has 1 rings (SSSR count). The van der Waals surface area contributed by atoms with Gasteiger partial charge in [0, 0.05) is 18.0 Å². The summed E-state index contributed by atoms with van der Waals surface area (Å²) in [5, 5.41) is 8.48. The molecule has 0 spiro atoms. The van der Waals surface area contributed by atoms with Gasteiger partial charge in [0.25, 0.3) is 0 Å². The third-order valence-electron chi connectivity index (χ3n) is 1.35. The molecule has 0 aromatic carbocycles. The molecule has 64 valence electrons. The summed E-state index contributed by atoms with van der Waals surface area (Å²) in [4.78, 5) is 3.91. The van der Waals surface area contributed by atoms with Crippen molar-refractivity contribution in [2.75, 3.05) is 13.2 Å². The zero-order valence-electron chi connectivity index (χ0n) is 6.73. The lowest BCUT2D eigenvalue weighted by atomic mass is 10.2. The van der Waals surface area contributed by atoms with Crippen molar-refractivity contribution >= 4 is 5.76 Å². The zero-order chi connectivity index (χ0) is 8.81. The van der Waals surface area contributed by atoms with Crippen molar-refractivity contribution in [1.82, 2.24) is 4.98 Å². The van der Waals surface area contributed by atoms with Crippen molar-refractivity contribution in [3.8, 4) is 0 Å². The molecule has 0 saturated heterocycles. The van der Waals surface area contributed by atoms with Crippen LogP contribution < -0.4 is 0 Å². The number of ether oxygens (including phenoxy) is 1. The molecule has 1 aromatic rings. The second-order valence-corrected chi connectivity index (χ2v) is 2.24. The first-order chi connectivity index (χ1) is 5.84. The SMILES string of the molecule is C=C(OCCO)c1cccnc1. The quantitative estimate of drug-likeness (QED) is 0.678. The topological polar surface area (TPSA) is 42.4 Å². The van der Waals surface area contributed by atoms with E-state index in [-0.39, 0.29) is 13.2 Å². The number of hydrogen-bond acceptors (Lipinski definition) is 3. The third kappa shape index (κ3) is 2.36. The second kappa shape index (κ2) is 4.51. The van der Waals surface area contributed by atoms with E-state index >= 15 is 0 Å². The second-order valence-electron chi connectivity index (χ2n) is 2.24. The van der Waals surface area contributed by atoms with Crippen LogP contribution in [0.15, 0.2) is 31.1 Å². The molecule has 3 nitrogen and oxygen atoms in total. The first-order valence-electron chi connectivity index (χ1n) is 3.67. The Morgan fingerprint density at radius 3 is 3.08 bits per heavy atom. The highest BCUT2D eigenvalue weighted by Gasteiger charge is 1.97. The van der Waals surface area contributed by atoms with Crippen LogP contribution in [0.2, 0.25) is 0 Å². The highest BCUT2D eigenvalue weighted by Crippen LogP contribution is 2.10. The van der Waals surface area contributed by atoms with E-state index in [0.29, 0.717) is 5.76 Å². The molecular weight excluding hydrogens is 154 g/mol. The Balaban J connectivity index is 2.54. The first-order valence-corrected chi connectivity index (χ1v) is 3.67. The monoisotopic (exact) mass is 165 g/mol. The summed E-state index contributed by atoms with van der Waals surface area (Å²) in [6, 6.07) is 3.66. The zero-order valence-corrected chi connectivity index (χ0v) is 6.73. The van der Waals surface area contributed by atoms with Crippen LogP contribution in [0.3, 0.4) is 0 Å². The first kappa shape index (κ1) is 8.74. The molecule has 3 heteroatoms. The molecule has 0 aliphatic carbocycles. The largest absolute Gasteiger partial charge is 0.491 e. The molecule has 0 amide bonds. The van der Waals surface area contributed by atoms with Crippen LogP contribution in [0.5, 0.6) is 0 Å². The highest BCUT2D eigenvalue weighted by atomic mass is 16.5. The molecule has 0 saturated carbocycles. The van der Waals surface area contributed by atoms with Gasteiger partial charge in [-0.3, -0.25) is 4.98 Å². The van der Waals surface area contributed by atoms with Gasteiger partial charge in [-0.2, -0.15) is 0 Å². The van der Waals surface area contributed by atoms with Gasteiger partial charge < -0.3 is 9.84 Å². The maximum absolute atomic E-state index is 8.48. The van der Waals surface area contributed by atoms with Crippen LogP contribution in [0.25, 0.3) is 5.76 Å². The van der Waals surface area contributed by atoms with Gasteiger partial charge in [-0.1, -0.05) is 6.58 Å². The van der Waals surface area contributed by atoms with E-state index in [9.17, 15) is 0 Å². The Labute approximate surface area is 71.3 Å². The predicted molar refractivity (Wildman–Crippen MR) is 46.3 cm³/mol. The number of aliphatic hydroxyl groups excluding tert-OH is 1. The number of aliphatic hydroxyl groups is 1. The summed E-state index contributed by atoms with van der Waals surface area (Å²) >= 11 is 0. The van der Waals surface area contributed by atoms with Crippen LogP contribution in [0, 0.1) is 0 Å². The summed E-state index contributed by atoms with van der Waals surface area (Å²) in [6.45, 7) is 3.96. The molecule has 0 aliphatic rings. The molecule has 12 heavy (non-hydrogen) atoms. The van der Waals surface area contributed by atoms with Gasteiger partial charge in [-0.15, -0.1) is 0 Å². The lowest BCUT2D eigenvalue weighted by Gasteiger charge is -2.06. The van der Waals surface area contributed by atoms with Crippen LogP contribution in [-0.2, 0) is 4.74 Å². The predicted octanol–water partition coefficient (Wildman–Crippen LogP) is 1.06. The van der Waals surface area contributed by atoms with Crippen LogP contribution in [-0.4, -0.2) is 23.3 Å². The minimum Gasteiger partial charge on any atom is -0.491 e. The Hall–Kier alpha value is -1.35. The fraction of sp³-hybridized carbons (Fsp3) is 0.222. The van der Waals surface area contributed by atoms with Crippen molar-refractivity contribution in [2.24, 2.45) is 0 Å². The number of rotatable bonds is 4. The van der Waals surface area contributed by atoms with E-state index in [2.05, 4.69) is 11.6 Å². The van der Waals surface area contributed by atoms with Gasteiger partial charge in [0.2, 0.25) is 0 Å². The van der Waals surface area contributed by atoms with Crippen molar-refractivity contribution in [3.63, 3.8) is 0 Å². The normalized spacial score (nSPS) is 9.42. The lowest BCUT2D eigenvalue weighted by Crippen LogP contribution is -1.97. The number of nitrogens with zero attached hydrogens (tertiary/aromatic N) is 1. The molecule has 1 aromatic heterocycles. The molecular formula is C9H11NO2. The summed E-state index contributed by atoms with van der Waals surface area (Å²) in [6.07, 6.45) is 3.35. The van der Waals surface area contributed by atoms with Gasteiger partial charge in [0.1, 0.15) is 12.4 Å². The average molecular weight is 165 g/mol. The van der Waals surface area contributed by atoms with Crippen molar-refractivity contribution in [1.29, 1.82) is 0 Å². The molecule has 0 bridgehead atoms. The molecule has 0 atom stereocenters. The van der Waals surface area contributed by atoms with Crippen LogP contribution >= 0.6 is 0 Å². The Bertz CT molecular complexity index is 246. The van der Waals surface area contributed by atoms with E-state index in [4.69, 9.17) is 9.84 Å². The molecule has 0 radical (unpaired) electrons. The van der Waals surface area contributed by atoms with Gasteiger partial charge in [0.15, 0.2) is 0 Å². The van der Waals surface area contributed by atoms with Gasteiger partial charge >= 0.3 is 0 Å². The molecule has 0 aliphatic heterocycles. The van der Waals surface area contributed by atoms with E-state index in [1.165, 1.54) is 0 Å². The van der Waals surface area contributed by atoms with E-state index in [1.54, 1.807) is 12.4 Å². The minimum atomic E-state index is -0.000712. The van der Waals surface area contributed by atoms with Crippen LogP contribution in [0.4, 0.5) is 0 Å². The van der Waals surface area contributed by atoms with E-state index in [1.807, 2.05) is 12.1 Å². The minimum absolute atomic E-state index is 0.000712. The maximum atomic E-state index is 8.48. The number of hydrogen-bond donors (Lipinski definition) is 1. The lowest BCUT2D eigenvalue weighted by molar-refractivity contribution is 0.181. The Morgan fingerprint density at radius 2 is 2.50 bits per heavy atom. The van der Waals surface area contributed by atoms with Crippen molar-refractivity contribution in [3.05, 3.63) is 36.7 Å². The van der Waals surface area contributed by atoms with E-state index < -0.39 is 0 Å². The Morgan fingerprint density at radius 1 is 1.67 bits per heavy atom. The van der Waals surface area contributed by atoms with Gasteiger partial charge in [-0.25, -0.2) is 0 Å². The molecule has 1 heterocycles. The summed E-state index contributed by atoms with van der Waals surface area (Å²) in [7, 11) is 0. The molecule has 1 N–H and O–H groups in total. The standard InChI is InChI=1S/C9H11NO2/c1-8(12-6-5-11)9-3-2-4-10-7-9/h2-4,7,11H,1,5-6H2. The molecule has 0 fully saturated rings. The van der Waals surface area contributed by atoms with Gasteiger partial charge in [-0.05, 0) is 12.1 Å². The number of pyridine rings is 1. The Kier molecular flexibility index (Phi) is 3.29. The van der Waals surface area contributed by atoms with Crippen molar-refractivity contribution < 1.29 is 9.84 Å². The summed E-state index contributed by atoms with van der Waals surface area (Å²) in [5.74, 6) is 0.539. The highest BCUT2D eigenvalue weighted by molar-refractivity contribution is 5.55. The van der Waals surface area contributed by atoms with Crippen LogP contribution in [0.1, 0.15) is 5.56 Å². The third-order valence-corrected chi connectivity index (χ3v) is 1.35. The molecule has 0 unspecified atom stereocenters.